The highest BCUT2D eigenvalue weighted by atomic mass is 32.1. The molecule has 0 bridgehead atoms. The number of aromatic hydroxyl groups is 1. The summed E-state index contributed by atoms with van der Waals surface area (Å²) in [6.07, 6.45) is 1.83. The van der Waals surface area contributed by atoms with Gasteiger partial charge in [0.2, 0.25) is 0 Å². The van der Waals surface area contributed by atoms with Crippen molar-refractivity contribution >= 4 is 11.3 Å². The molecule has 0 aliphatic carbocycles. The summed E-state index contributed by atoms with van der Waals surface area (Å²) >= 11 is 1.62. The maximum Gasteiger partial charge on any atom is 0.140 e. The van der Waals surface area contributed by atoms with E-state index in [1.54, 1.807) is 35.6 Å². The lowest BCUT2D eigenvalue weighted by Gasteiger charge is -2.03. The fraction of sp³-hybridized carbons (Fsp3) is 0.182. The Kier molecular flexibility index (Phi) is 2.87. The third-order valence-electron chi connectivity index (χ3n) is 1.87. The highest BCUT2D eigenvalue weighted by Crippen LogP contribution is 2.18. The summed E-state index contributed by atoms with van der Waals surface area (Å²) in [6, 6.07) is 6.66. The van der Waals surface area contributed by atoms with Gasteiger partial charge in [-0.2, -0.15) is 0 Å². The topological polar surface area (TPSA) is 42.4 Å². The maximum absolute atomic E-state index is 9.08. The monoisotopic (exact) mass is 221 g/mol. The predicted octanol–water partition coefficient (Wildman–Crippen LogP) is 2.74. The van der Waals surface area contributed by atoms with Crippen LogP contribution in [0.4, 0.5) is 0 Å². The summed E-state index contributed by atoms with van der Waals surface area (Å²) in [7, 11) is 0. The molecular weight excluding hydrogens is 210 g/mol. The van der Waals surface area contributed by atoms with Crippen LogP contribution < -0.4 is 4.74 Å². The van der Waals surface area contributed by atoms with Crippen molar-refractivity contribution < 1.29 is 9.84 Å². The second-order valence-corrected chi connectivity index (χ2v) is 4.47. The number of benzene rings is 1. The van der Waals surface area contributed by atoms with Gasteiger partial charge in [-0.05, 0) is 31.2 Å². The first-order valence-electron chi connectivity index (χ1n) is 4.57. The molecule has 15 heavy (non-hydrogen) atoms. The minimum atomic E-state index is 0.243. The molecule has 1 aromatic carbocycles. The second-order valence-electron chi connectivity index (χ2n) is 3.15. The molecule has 0 radical (unpaired) electrons. The molecule has 0 saturated heterocycles. The Labute approximate surface area is 92.0 Å². The first-order chi connectivity index (χ1) is 7.24. The van der Waals surface area contributed by atoms with E-state index in [0.29, 0.717) is 6.61 Å². The molecule has 0 amide bonds. The van der Waals surface area contributed by atoms with Crippen LogP contribution >= 0.6 is 11.3 Å². The number of hydrogen-bond acceptors (Lipinski definition) is 4. The summed E-state index contributed by atoms with van der Waals surface area (Å²) in [4.78, 5) is 5.37. The van der Waals surface area contributed by atoms with Crippen LogP contribution in [0.2, 0.25) is 0 Å². The average Bonchev–Trinajstić information content (AvgIpc) is 2.64. The average molecular weight is 221 g/mol. The van der Waals surface area contributed by atoms with E-state index in [-0.39, 0.29) is 5.75 Å². The molecular formula is C11H11NO2S. The molecule has 0 spiro atoms. The SMILES string of the molecule is Cc1cnc(COc2ccc(O)cc2)s1. The van der Waals surface area contributed by atoms with Crippen LogP contribution in [0.1, 0.15) is 9.88 Å². The van der Waals surface area contributed by atoms with E-state index in [1.165, 1.54) is 4.88 Å². The molecule has 0 atom stereocenters. The number of thiazole rings is 1. The molecule has 3 nitrogen and oxygen atoms in total. The van der Waals surface area contributed by atoms with Crippen molar-refractivity contribution in [1.82, 2.24) is 4.98 Å². The fourth-order valence-electron chi connectivity index (χ4n) is 1.16. The van der Waals surface area contributed by atoms with Crippen LogP contribution in [0.25, 0.3) is 0 Å². The Bertz CT molecular complexity index is 436. The van der Waals surface area contributed by atoms with Crippen molar-refractivity contribution in [3.63, 3.8) is 0 Å². The second kappa shape index (κ2) is 4.31. The van der Waals surface area contributed by atoms with E-state index in [2.05, 4.69) is 4.98 Å². The summed E-state index contributed by atoms with van der Waals surface area (Å²) < 4.78 is 5.50. The zero-order valence-corrected chi connectivity index (χ0v) is 9.12. The van der Waals surface area contributed by atoms with E-state index < -0.39 is 0 Å². The van der Waals surface area contributed by atoms with Crippen LogP contribution in [0.15, 0.2) is 30.5 Å². The first-order valence-corrected chi connectivity index (χ1v) is 5.39. The summed E-state index contributed by atoms with van der Waals surface area (Å²) in [6.45, 7) is 2.49. The summed E-state index contributed by atoms with van der Waals surface area (Å²) in [5.74, 6) is 0.980. The molecule has 2 rings (SSSR count). The molecule has 2 aromatic rings. The molecule has 0 unspecified atom stereocenters. The number of phenols is 1. The van der Waals surface area contributed by atoms with Gasteiger partial charge in [-0.3, -0.25) is 0 Å². The lowest BCUT2D eigenvalue weighted by Crippen LogP contribution is -1.93. The van der Waals surface area contributed by atoms with Crippen molar-refractivity contribution in [1.29, 1.82) is 0 Å². The van der Waals surface area contributed by atoms with Gasteiger partial charge in [0.05, 0.1) is 0 Å². The van der Waals surface area contributed by atoms with Gasteiger partial charge in [-0.15, -0.1) is 11.3 Å². The molecule has 78 valence electrons. The molecule has 1 heterocycles. The number of rotatable bonds is 3. The van der Waals surface area contributed by atoms with Gasteiger partial charge in [-0.25, -0.2) is 4.98 Å². The van der Waals surface area contributed by atoms with E-state index in [9.17, 15) is 0 Å². The Morgan fingerprint density at radius 1 is 1.33 bits per heavy atom. The molecule has 0 aliphatic heterocycles. The van der Waals surface area contributed by atoms with Crippen molar-refractivity contribution in [2.45, 2.75) is 13.5 Å². The van der Waals surface area contributed by atoms with Gasteiger partial charge in [0.15, 0.2) is 0 Å². The number of nitrogens with zero attached hydrogens (tertiary/aromatic N) is 1. The lowest BCUT2D eigenvalue weighted by molar-refractivity contribution is 0.305. The highest BCUT2D eigenvalue weighted by Gasteiger charge is 1.99. The third-order valence-corrected chi connectivity index (χ3v) is 2.75. The van der Waals surface area contributed by atoms with Crippen molar-refractivity contribution in [2.75, 3.05) is 0 Å². The maximum atomic E-state index is 9.08. The molecule has 1 aromatic heterocycles. The van der Waals surface area contributed by atoms with E-state index >= 15 is 0 Å². The Morgan fingerprint density at radius 2 is 2.07 bits per heavy atom. The predicted molar refractivity (Wildman–Crippen MR) is 59.3 cm³/mol. The standard InChI is InChI=1S/C11H11NO2S/c1-8-6-12-11(15-8)7-14-10-4-2-9(13)3-5-10/h2-6,13H,7H2,1H3. The molecule has 4 heteroatoms. The largest absolute Gasteiger partial charge is 0.508 e. The zero-order chi connectivity index (χ0) is 10.7. The van der Waals surface area contributed by atoms with Crippen molar-refractivity contribution in [3.05, 3.63) is 40.3 Å². The number of aromatic nitrogens is 1. The normalized spacial score (nSPS) is 10.2. The van der Waals surface area contributed by atoms with Gasteiger partial charge in [0, 0.05) is 11.1 Å². The lowest BCUT2D eigenvalue weighted by atomic mass is 10.3. The Morgan fingerprint density at radius 3 is 2.67 bits per heavy atom. The smallest absolute Gasteiger partial charge is 0.140 e. The van der Waals surface area contributed by atoms with Crippen LogP contribution in [0.5, 0.6) is 11.5 Å². The zero-order valence-electron chi connectivity index (χ0n) is 8.30. The molecule has 0 saturated carbocycles. The Hall–Kier alpha value is -1.55. The van der Waals surface area contributed by atoms with Crippen LogP contribution in [-0.4, -0.2) is 10.1 Å². The fourth-order valence-corrected chi connectivity index (χ4v) is 1.86. The third kappa shape index (κ3) is 2.70. The number of phenolic OH excluding ortho intramolecular Hbond substituents is 1. The number of hydrogen-bond donors (Lipinski definition) is 1. The van der Waals surface area contributed by atoms with E-state index in [4.69, 9.17) is 9.84 Å². The highest BCUT2D eigenvalue weighted by molar-refractivity contribution is 7.11. The van der Waals surface area contributed by atoms with E-state index in [1.807, 2.05) is 13.1 Å². The summed E-state index contributed by atoms with van der Waals surface area (Å²) in [5.41, 5.74) is 0. The quantitative estimate of drug-likeness (QED) is 0.866. The van der Waals surface area contributed by atoms with Crippen LogP contribution in [0.3, 0.4) is 0 Å². The minimum absolute atomic E-state index is 0.243. The van der Waals surface area contributed by atoms with Crippen LogP contribution in [0, 0.1) is 6.92 Å². The van der Waals surface area contributed by atoms with E-state index in [0.717, 1.165) is 10.8 Å². The molecule has 0 aliphatic rings. The van der Waals surface area contributed by atoms with Gasteiger partial charge >= 0.3 is 0 Å². The van der Waals surface area contributed by atoms with Crippen molar-refractivity contribution in [2.24, 2.45) is 0 Å². The van der Waals surface area contributed by atoms with Gasteiger partial charge < -0.3 is 9.84 Å². The number of ether oxygens (including phenoxy) is 1. The van der Waals surface area contributed by atoms with Crippen LogP contribution in [-0.2, 0) is 6.61 Å². The Balaban J connectivity index is 1.96. The summed E-state index contributed by atoms with van der Waals surface area (Å²) in [5, 5.41) is 10.0. The van der Waals surface area contributed by atoms with Gasteiger partial charge in [0.25, 0.3) is 0 Å². The molecule has 1 N–H and O–H groups in total. The minimum Gasteiger partial charge on any atom is -0.508 e. The van der Waals surface area contributed by atoms with Crippen molar-refractivity contribution in [3.8, 4) is 11.5 Å². The van der Waals surface area contributed by atoms with Gasteiger partial charge in [-0.1, -0.05) is 0 Å². The van der Waals surface area contributed by atoms with Gasteiger partial charge in [0.1, 0.15) is 23.1 Å². The number of aryl methyl sites for hydroxylation is 1. The molecule has 0 fully saturated rings. The first kappa shape index (κ1) is 9.98.